The summed E-state index contributed by atoms with van der Waals surface area (Å²) in [6, 6.07) is 4.07. The second-order valence-corrected chi connectivity index (χ2v) is 6.29. The summed E-state index contributed by atoms with van der Waals surface area (Å²) in [4.78, 5) is 25.5. The lowest BCUT2D eigenvalue weighted by atomic mass is 10.0. The SMILES string of the molecule is Cc1ccc2c(CC(=O)N(C)CC(=O)NC(C)C)coc2c1C. The minimum Gasteiger partial charge on any atom is -0.464 e. The number of benzene rings is 1. The van der Waals surface area contributed by atoms with Gasteiger partial charge in [-0.3, -0.25) is 9.59 Å². The number of hydrogen-bond acceptors (Lipinski definition) is 3. The summed E-state index contributed by atoms with van der Waals surface area (Å²) in [7, 11) is 1.64. The third-order valence-electron chi connectivity index (χ3n) is 3.94. The topological polar surface area (TPSA) is 62.6 Å². The van der Waals surface area contributed by atoms with Crippen molar-refractivity contribution < 1.29 is 14.0 Å². The van der Waals surface area contributed by atoms with Crippen molar-refractivity contribution in [3.63, 3.8) is 0 Å². The average Bonchev–Trinajstić information content (AvgIpc) is 2.85. The molecule has 0 unspecified atom stereocenters. The van der Waals surface area contributed by atoms with E-state index in [4.69, 9.17) is 4.42 Å². The minimum atomic E-state index is -0.153. The molecule has 0 aliphatic rings. The normalized spacial score (nSPS) is 11.0. The van der Waals surface area contributed by atoms with Crippen LogP contribution in [0, 0.1) is 13.8 Å². The molecular weight excluding hydrogens is 292 g/mol. The van der Waals surface area contributed by atoms with Crippen LogP contribution in [0.25, 0.3) is 11.0 Å². The Hall–Kier alpha value is -2.30. The molecule has 0 atom stereocenters. The highest BCUT2D eigenvalue weighted by atomic mass is 16.3. The van der Waals surface area contributed by atoms with Crippen LogP contribution in [0.15, 0.2) is 22.8 Å². The van der Waals surface area contributed by atoms with Crippen molar-refractivity contribution in [3.8, 4) is 0 Å². The highest BCUT2D eigenvalue weighted by Gasteiger charge is 2.17. The van der Waals surface area contributed by atoms with E-state index in [9.17, 15) is 9.59 Å². The number of nitrogens with one attached hydrogen (secondary N) is 1. The summed E-state index contributed by atoms with van der Waals surface area (Å²) in [6.07, 6.45) is 1.86. The molecule has 2 rings (SSSR count). The number of fused-ring (bicyclic) bond motifs is 1. The molecule has 0 spiro atoms. The molecule has 5 nitrogen and oxygen atoms in total. The van der Waals surface area contributed by atoms with Gasteiger partial charge in [-0.2, -0.15) is 0 Å². The van der Waals surface area contributed by atoms with Gasteiger partial charge in [0.25, 0.3) is 0 Å². The first-order valence-electron chi connectivity index (χ1n) is 7.79. The largest absolute Gasteiger partial charge is 0.464 e. The molecule has 0 radical (unpaired) electrons. The monoisotopic (exact) mass is 316 g/mol. The van der Waals surface area contributed by atoms with Crippen molar-refractivity contribution in [3.05, 3.63) is 35.1 Å². The Morgan fingerprint density at radius 2 is 1.96 bits per heavy atom. The molecule has 1 heterocycles. The highest BCUT2D eigenvalue weighted by molar-refractivity contribution is 5.91. The molecular formula is C18H24N2O3. The molecule has 0 bridgehead atoms. The van der Waals surface area contributed by atoms with Crippen molar-refractivity contribution in [1.29, 1.82) is 0 Å². The van der Waals surface area contributed by atoms with E-state index in [2.05, 4.69) is 5.32 Å². The van der Waals surface area contributed by atoms with Crippen LogP contribution in [0.4, 0.5) is 0 Å². The van der Waals surface area contributed by atoms with Crippen LogP contribution < -0.4 is 5.32 Å². The van der Waals surface area contributed by atoms with Gasteiger partial charge >= 0.3 is 0 Å². The lowest BCUT2D eigenvalue weighted by Crippen LogP contribution is -2.41. The zero-order valence-corrected chi connectivity index (χ0v) is 14.4. The number of rotatable bonds is 5. The number of furan rings is 1. The van der Waals surface area contributed by atoms with Gasteiger partial charge in [0.1, 0.15) is 5.58 Å². The third kappa shape index (κ3) is 3.92. The molecule has 0 saturated carbocycles. The van der Waals surface area contributed by atoms with Gasteiger partial charge in [-0.05, 0) is 38.8 Å². The van der Waals surface area contributed by atoms with Gasteiger partial charge in [-0.15, -0.1) is 0 Å². The molecule has 5 heteroatoms. The predicted molar refractivity (Wildman–Crippen MR) is 90.3 cm³/mol. The van der Waals surface area contributed by atoms with Crippen LogP contribution in [-0.2, 0) is 16.0 Å². The summed E-state index contributed by atoms with van der Waals surface area (Å²) in [6.45, 7) is 7.88. The molecule has 0 aliphatic heterocycles. The maximum absolute atomic E-state index is 12.3. The molecule has 2 amide bonds. The fourth-order valence-electron chi connectivity index (χ4n) is 2.49. The number of carbonyl (C=O) groups excluding carboxylic acids is 2. The Bertz CT molecular complexity index is 731. The molecule has 23 heavy (non-hydrogen) atoms. The molecule has 0 fully saturated rings. The van der Waals surface area contributed by atoms with E-state index in [1.165, 1.54) is 4.90 Å². The quantitative estimate of drug-likeness (QED) is 0.922. The Labute approximate surface area is 136 Å². The van der Waals surface area contributed by atoms with Crippen molar-refractivity contribution in [2.24, 2.45) is 0 Å². The lowest BCUT2D eigenvalue weighted by molar-refractivity contribution is -0.134. The molecule has 1 aromatic carbocycles. The first kappa shape index (κ1) is 17.1. The van der Waals surface area contributed by atoms with E-state index in [1.807, 2.05) is 39.8 Å². The van der Waals surface area contributed by atoms with Gasteiger partial charge in [0.2, 0.25) is 11.8 Å². The van der Waals surface area contributed by atoms with Gasteiger partial charge < -0.3 is 14.6 Å². The van der Waals surface area contributed by atoms with Crippen LogP contribution in [-0.4, -0.2) is 36.3 Å². The number of nitrogens with zero attached hydrogens (tertiary/aromatic N) is 1. The predicted octanol–water partition coefficient (Wildman–Crippen LogP) is 2.58. The fraction of sp³-hybridized carbons (Fsp3) is 0.444. The standard InChI is InChI=1S/C18H24N2O3/c1-11(2)19-16(21)9-20(5)17(22)8-14-10-23-18-13(4)12(3)6-7-15(14)18/h6-7,10-11H,8-9H2,1-5H3,(H,19,21). The number of aryl methyl sites for hydroxylation is 2. The number of hydrogen-bond donors (Lipinski definition) is 1. The van der Waals surface area contributed by atoms with Crippen molar-refractivity contribution in [2.45, 2.75) is 40.2 Å². The summed E-state index contributed by atoms with van der Waals surface area (Å²) in [5, 5.41) is 3.74. The maximum atomic E-state index is 12.3. The Morgan fingerprint density at radius 3 is 2.61 bits per heavy atom. The number of likely N-dealkylation sites (N-methyl/N-ethyl adjacent to an activating group) is 1. The van der Waals surface area contributed by atoms with Crippen molar-refractivity contribution in [2.75, 3.05) is 13.6 Å². The molecule has 1 N–H and O–H groups in total. The zero-order valence-electron chi connectivity index (χ0n) is 14.4. The zero-order chi connectivity index (χ0) is 17.1. The maximum Gasteiger partial charge on any atom is 0.239 e. The van der Waals surface area contributed by atoms with Gasteiger partial charge in [-0.25, -0.2) is 0 Å². The molecule has 0 saturated heterocycles. The Kier molecular flexibility index (Phi) is 5.08. The highest BCUT2D eigenvalue weighted by Crippen LogP contribution is 2.26. The number of carbonyl (C=O) groups is 2. The van der Waals surface area contributed by atoms with Gasteiger partial charge in [-0.1, -0.05) is 12.1 Å². The molecule has 0 aliphatic carbocycles. The fourth-order valence-corrected chi connectivity index (χ4v) is 2.49. The van der Waals surface area contributed by atoms with Gasteiger partial charge in [0.15, 0.2) is 0 Å². The Morgan fingerprint density at radius 1 is 1.26 bits per heavy atom. The summed E-state index contributed by atoms with van der Waals surface area (Å²) >= 11 is 0. The lowest BCUT2D eigenvalue weighted by Gasteiger charge is -2.17. The second-order valence-electron chi connectivity index (χ2n) is 6.29. The average molecular weight is 316 g/mol. The number of amides is 2. The summed E-state index contributed by atoms with van der Waals surface area (Å²) < 4.78 is 5.62. The van der Waals surface area contributed by atoms with E-state index in [0.29, 0.717) is 0 Å². The Balaban J connectivity index is 2.08. The smallest absolute Gasteiger partial charge is 0.239 e. The first-order valence-corrected chi connectivity index (χ1v) is 7.79. The van der Waals surface area contributed by atoms with Gasteiger partial charge in [0, 0.05) is 24.0 Å². The third-order valence-corrected chi connectivity index (χ3v) is 3.94. The van der Waals surface area contributed by atoms with Crippen LogP contribution in [0.1, 0.15) is 30.5 Å². The first-order chi connectivity index (χ1) is 10.8. The van der Waals surface area contributed by atoms with E-state index >= 15 is 0 Å². The van der Waals surface area contributed by atoms with Crippen molar-refractivity contribution in [1.82, 2.24) is 10.2 Å². The van der Waals surface area contributed by atoms with Crippen molar-refractivity contribution >= 4 is 22.8 Å². The van der Waals surface area contributed by atoms with Crippen LogP contribution in [0.5, 0.6) is 0 Å². The van der Waals surface area contributed by atoms with E-state index in [1.54, 1.807) is 13.3 Å². The van der Waals surface area contributed by atoms with Crippen LogP contribution >= 0.6 is 0 Å². The van der Waals surface area contributed by atoms with Gasteiger partial charge in [0.05, 0.1) is 19.2 Å². The molecule has 124 valence electrons. The molecule has 2 aromatic rings. The minimum absolute atomic E-state index is 0.0604. The summed E-state index contributed by atoms with van der Waals surface area (Å²) in [5.74, 6) is -0.260. The van der Waals surface area contributed by atoms with Crippen LogP contribution in [0.3, 0.4) is 0 Å². The van der Waals surface area contributed by atoms with E-state index < -0.39 is 0 Å². The van der Waals surface area contributed by atoms with E-state index in [-0.39, 0.29) is 30.8 Å². The second kappa shape index (κ2) is 6.86. The van der Waals surface area contributed by atoms with Crippen LogP contribution in [0.2, 0.25) is 0 Å². The summed E-state index contributed by atoms with van der Waals surface area (Å²) in [5.41, 5.74) is 3.93. The van der Waals surface area contributed by atoms with E-state index in [0.717, 1.165) is 27.7 Å². The molecule has 1 aromatic heterocycles.